The summed E-state index contributed by atoms with van der Waals surface area (Å²) in [5.74, 6) is 0. The molecule has 0 aromatic rings. The molecule has 1 heterocycles. The molecule has 0 aromatic carbocycles. The Morgan fingerprint density at radius 3 is 2.67 bits per heavy atom. The molecule has 0 spiro atoms. The number of morpholine rings is 1. The van der Waals surface area contributed by atoms with Gasteiger partial charge in [-0.3, -0.25) is 4.90 Å². The van der Waals surface area contributed by atoms with Crippen LogP contribution in [0.2, 0.25) is 0 Å². The number of thiocarbonyl (C=S) groups is 1. The Labute approximate surface area is 116 Å². The van der Waals surface area contributed by atoms with Crippen molar-refractivity contribution in [2.24, 2.45) is 0 Å². The standard InChI is InChI=1S/C13H25N3OS/c1-12(2)4-6-15-13(18)14-5-3-7-16-8-10-17-11-9-16/h4H,3,5-11H2,1-2H3,(H2,14,15,18). The van der Waals surface area contributed by atoms with Gasteiger partial charge in [-0.25, -0.2) is 0 Å². The molecule has 5 heteroatoms. The molecule has 0 radical (unpaired) electrons. The van der Waals surface area contributed by atoms with Gasteiger partial charge in [-0.05, 0) is 39.0 Å². The molecule has 0 aromatic heterocycles. The van der Waals surface area contributed by atoms with Gasteiger partial charge >= 0.3 is 0 Å². The monoisotopic (exact) mass is 271 g/mol. The zero-order chi connectivity index (χ0) is 13.2. The van der Waals surface area contributed by atoms with Crippen LogP contribution in [0.1, 0.15) is 20.3 Å². The van der Waals surface area contributed by atoms with Gasteiger partial charge in [0.05, 0.1) is 13.2 Å². The molecule has 4 nitrogen and oxygen atoms in total. The van der Waals surface area contributed by atoms with Gasteiger partial charge in [0, 0.05) is 26.2 Å². The fourth-order valence-electron chi connectivity index (χ4n) is 1.74. The SMILES string of the molecule is CC(C)=CCNC(=S)NCCCN1CCOCC1. The van der Waals surface area contributed by atoms with E-state index in [2.05, 4.69) is 35.5 Å². The maximum absolute atomic E-state index is 5.31. The van der Waals surface area contributed by atoms with Crippen molar-refractivity contribution in [1.29, 1.82) is 0 Å². The van der Waals surface area contributed by atoms with Gasteiger partial charge in [0.2, 0.25) is 0 Å². The minimum Gasteiger partial charge on any atom is -0.379 e. The van der Waals surface area contributed by atoms with E-state index in [9.17, 15) is 0 Å². The van der Waals surface area contributed by atoms with E-state index in [1.807, 2.05) is 0 Å². The molecule has 0 bridgehead atoms. The Kier molecular flexibility index (Phi) is 7.96. The molecule has 0 unspecified atom stereocenters. The van der Waals surface area contributed by atoms with Crippen molar-refractivity contribution in [3.63, 3.8) is 0 Å². The van der Waals surface area contributed by atoms with Gasteiger partial charge in [0.15, 0.2) is 5.11 Å². The lowest BCUT2D eigenvalue weighted by atomic mass is 10.3. The number of nitrogens with one attached hydrogen (secondary N) is 2. The predicted octanol–water partition coefficient (Wildman–Crippen LogP) is 1.14. The van der Waals surface area contributed by atoms with Gasteiger partial charge in [-0.15, -0.1) is 0 Å². The van der Waals surface area contributed by atoms with Gasteiger partial charge in [0.25, 0.3) is 0 Å². The first-order valence-electron chi connectivity index (χ1n) is 6.63. The molecule has 1 aliphatic rings. The molecule has 0 amide bonds. The molecule has 0 saturated carbocycles. The van der Waals surface area contributed by atoms with Gasteiger partial charge in [-0.1, -0.05) is 11.6 Å². The highest BCUT2D eigenvalue weighted by Gasteiger charge is 2.08. The van der Waals surface area contributed by atoms with E-state index in [-0.39, 0.29) is 0 Å². The predicted molar refractivity (Wildman–Crippen MR) is 79.9 cm³/mol. The number of rotatable bonds is 6. The first-order chi connectivity index (χ1) is 8.68. The second-order valence-electron chi connectivity index (χ2n) is 4.73. The van der Waals surface area contributed by atoms with E-state index in [4.69, 9.17) is 17.0 Å². The van der Waals surface area contributed by atoms with Crippen LogP contribution in [0.4, 0.5) is 0 Å². The lowest BCUT2D eigenvalue weighted by Gasteiger charge is -2.26. The smallest absolute Gasteiger partial charge is 0.166 e. The summed E-state index contributed by atoms with van der Waals surface area (Å²) in [5, 5.41) is 7.14. The van der Waals surface area contributed by atoms with Crippen LogP contribution in [0.5, 0.6) is 0 Å². The Morgan fingerprint density at radius 2 is 2.00 bits per heavy atom. The van der Waals surface area contributed by atoms with Crippen molar-refractivity contribution >= 4 is 17.3 Å². The lowest BCUT2D eigenvalue weighted by Crippen LogP contribution is -2.39. The van der Waals surface area contributed by atoms with Crippen molar-refractivity contribution in [1.82, 2.24) is 15.5 Å². The van der Waals surface area contributed by atoms with E-state index >= 15 is 0 Å². The third-order valence-corrected chi connectivity index (χ3v) is 3.10. The molecule has 0 atom stereocenters. The molecule has 2 N–H and O–H groups in total. The summed E-state index contributed by atoms with van der Waals surface area (Å²) >= 11 is 5.19. The summed E-state index contributed by atoms with van der Waals surface area (Å²) in [5.41, 5.74) is 1.30. The summed E-state index contributed by atoms with van der Waals surface area (Å²) < 4.78 is 5.31. The number of hydrogen-bond donors (Lipinski definition) is 2. The van der Waals surface area contributed by atoms with Crippen LogP contribution in [0, 0.1) is 0 Å². The molecule has 1 fully saturated rings. The number of nitrogens with zero attached hydrogens (tertiary/aromatic N) is 1. The van der Waals surface area contributed by atoms with Gasteiger partial charge in [0.1, 0.15) is 0 Å². The third-order valence-electron chi connectivity index (χ3n) is 2.81. The number of ether oxygens (including phenoxy) is 1. The molecular formula is C13H25N3OS. The van der Waals surface area contributed by atoms with E-state index in [0.717, 1.165) is 57.5 Å². The largest absolute Gasteiger partial charge is 0.379 e. The second kappa shape index (κ2) is 9.30. The number of allylic oxidation sites excluding steroid dienone is 1. The summed E-state index contributed by atoms with van der Waals surface area (Å²) in [7, 11) is 0. The fourth-order valence-corrected chi connectivity index (χ4v) is 1.93. The highest BCUT2D eigenvalue weighted by molar-refractivity contribution is 7.80. The highest BCUT2D eigenvalue weighted by Crippen LogP contribution is 1.97. The van der Waals surface area contributed by atoms with Gasteiger partial charge in [-0.2, -0.15) is 0 Å². The van der Waals surface area contributed by atoms with Crippen molar-refractivity contribution < 1.29 is 4.74 Å². The molecule has 1 rings (SSSR count). The Hall–Kier alpha value is -0.650. The van der Waals surface area contributed by atoms with Gasteiger partial charge < -0.3 is 15.4 Å². The second-order valence-corrected chi connectivity index (χ2v) is 5.13. The zero-order valence-electron chi connectivity index (χ0n) is 11.5. The van der Waals surface area contributed by atoms with Crippen LogP contribution in [0.15, 0.2) is 11.6 Å². The minimum absolute atomic E-state index is 0.745. The van der Waals surface area contributed by atoms with Crippen LogP contribution in [0.25, 0.3) is 0 Å². The van der Waals surface area contributed by atoms with Crippen LogP contribution in [-0.2, 0) is 4.74 Å². The first-order valence-corrected chi connectivity index (χ1v) is 7.04. The maximum Gasteiger partial charge on any atom is 0.166 e. The van der Waals surface area contributed by atoms with Crippen molar-refractivity contribution in [3.8, 4) is 0 Å². The van der Waals surface area contributed by atoms with E-state index in [1.54, 1.807) is 0 Å². The highest BCUT2D eigenvalue weighted by atomic mass is 32.1. The molecule has 1 aliphatic heterocycles. The average molecular weight is 271 g/mol. The van der Waals surface area contributed by atoms with Crippen LogP contribution >= 0.6 is 12.2 Å². The molecule has 104 valence electrons. The third kappa shape index (κ3) is 7.63. The normalized spacial score (nSPS) is 16.1. The summed E-state index contributed by atoms with van der Waals surface area (Å²) in [4.78, 5) is 2.44. The fraction of sp³-hybridized carbons (Fsp3) is 0.769. The Morgan fingerprint density at radius 1 is 1.28 bits per heavy atom. The maximum atomic E-state index is 5.31. The van der Waals surface area contributed by atoms with Crippen molar-refractivity contribution in [3.05, 3.63) is 11.6 Å². The van der Waals surface area contributed by atoms with Crippen LogP contribution < -0.4 is 10.6 Å². The molecule has 1 saturated heterocycles. The van der Waals surface area contributed by atoms with E-state index in [1.165, 1.54) is 5.57 Å². The minimum atomic E-state index is 0.745. The summed E-state index contributed by atoms with van der Waals surface area (Å²) in [6, 6.07) is 0. The Bertz CT molecular complexity index is 271. The zero-order valence-corrected chi connectivity index (χ0v) is 12.3. The van der Waals surface area contributed by atoms with Crippen LogP contribution in [-0.4, -0.2) is 55.9 Å². The summed E-state index contributed by atoms with van der Waals surface area (Å²) in [6.07, 6.45) is 3.24. The quantitative estimate of drug-likeness (QED) is 0.430. The topological polar surface area (TPSA) is 36.5 Å². The first kappa shape index (κ1) is 15.4. The lowest BCUT2D eigenvalue weighted by molar-refractivity contribution is 0.0376. The summed E-state index contributed by atoms with van der Waals surface area (Å²) in [6.45, 7) is 10.9. The van der Waals surface area contributed by atoms with Crippen molar-refractivity contribution in [2.45, 2.75) is 20.3 Å². The molecule has 0 aliphatic carbocycles. The molecular weight excluding hydrogens is 246 g/mol. The van der Waals surface area contributed by atoms with Crippen LogP contribution in [0.3, 0.4) is 0 Å². The molecule has 18 heavy (non-hydrogen) atoms. The number of hydrogen-bond acceptors (Lipinski definition) is 3. The Balaban J connectivity index is 1.96. The van der Waals surface area contributed by atoms with E-state index < -0.39 is 0 Å². The van der Waals surface area contributed by atoms with Crippen molar-refractivity contribution in [2.75, 3.05) is 45.9 Å². The average Bonchev–Trinajstić information content (AvgIpc) is 2.35. The van der Waals surface area contributed by atoms with E-state index in [0.29, 0.717) is 0 Å².